The van der Waals surface area contributed by atoms with Crippen LogP contribution in [0, 0.1) is 0 Å². The van der Waals surface area contributed by atoms with E-state index in [1.165, 1.54) is 12.8 Å². The van der Waals surface area contributed by atoms with E-state index in [2.05, 4.69) is 10.4 Å². The lowest BCUT2D eigenvalue weighted by Gasteiger charge is -2.27. The third-order valence-corrected chi connectivity index (χ3v) is 5.13. The Morgan fingerprint density at radius 3 is 3.09 bits per heavy atom. The average molecular weight is 297 g/mol. The number of carbonyl (C=O) groups excluding carboxylic acids is 1. The summed E-state index contributed by atoms with van der Waals surface area (Å²) in [5.74, 6) is 0.679. The Bertz CT molecular complexity index is 778. The summed E-state index contributed by atoms with van der Waals surface area (Å²) in [6, 6.07) is 2.90. The molecule has 3 aliphatic rings. The van der Waals surface area contributed by atoms with E-state index in [4.69, 9.17) is 4.98 Å². The van der Waals surface area contributed by atoms with Crippen LogP contribution in [-0.4, -0.2) is 50.7 Å². The predicted molar refractivity (Wildman–Crippen MR) is 81.7 cm³/mol. The van der Waals surface area contributed by atoms with Gasteiger partial charge in [0, 0.05) is 43.8 Å². The van der Waals surface area contributed by atoms with E-state index in [1.807, 2.05) is 18.0 Å². The Labute approximate surface area is 128 Å². The van der Waals surface area contributed by atoms with Gasteiger partial charge in [0.2, 0.25) is 0 Å². The van der Waals surface area contributed by atoms with Crippen LogP contribution >= 0.6 is 0 Å². The molecule has 3 heterocycles. The SMILES string of the molecule is Cn1ncc2c(C(=O)N3CCNC4CC43)cc(C3CC3)nc21. The lowest BCUT2D eigenvalue weighted by atomic mass is 10.1. The number of hydrogen-bond acceptors (Lipinski definition) is 4. The lowest BCUT2D eigenvalue weighted by molar-refractivity contribution is 0.0721. The maximum absolute atomic E-state index is 13.1. The standard InChI is InChI=1S/C16H19N5O/c1-20-15-11(8-18-20)10(6-12(19-15)9-2-3-9)16(22)21-5-4-17-13-7-14(13)21/h6,8-9,13-14,17H,2-5,7H2,1H3. The van der Waals surface area contributed by atoms with Crippen molar-refractivity contribution in [2.75, 3.05) is 13.1 Å². The van der Waals surface area contributed by atoms with Crippen molar-refractivity contribution in [2.45, 2.75) is 37.3 Å². The van der Waals surface area contributed by atoms with Gasteiger partial charge in [-0.2, -0.15) is 5.10 Å². The van der Waals surface area contributed by atoms with Crippen LogP contribution in [0.1, 0.15) is 41.2 Å². The number of rotatable bonds is 2. The van der Waals surface area contributed by atoms with E-state index >= 15 is 0 Å². The van der Waals surface area contributed by atoms with Crippen molar-refractivity contribution < 1.29 is 4.79 Å². The molecular weight excluding hydrogens is 278 g/mol. The Morgan fingerprint density at radius 2 is 2.27 bits per heavy atom. The van der Waals surface area contributed by atoms with Crippen molar-refractivity contribution in [1.29, 1.82) is 0 Å². The number of aryl methyl sites for hydroxylation is 1. The first kappa shape index (κ1) is 12.6. The summed E-state index contributed by atoms with van der Waals surface area (Å²) < 4.78 is 1.77. The van der Waals surface area contributed by atoms with Gasteiger partial charge < -0.3 is 10.2 Å². The van der Waals surface area contributed by atoms with Gasteiger partial charge in [-0.3, -0.25) is 9.48 Å². The summed E-state index contributed by atoms with van der Waals surface area (Å²) >= 11 is 0. The summed E-state index contributed by atoms with van der Waals surface area (Å²) in [6.45, 7) is 1.69. The van der Waals surface area contributed by atoms with Crippen LogP contribution < -0.4 is 5.32 Å². The molecule has 6 heteroatoms. The molecule has 0 spiro atoms. The molecule has 2 aromatic rings. The van der Waals surface area contributed by atoms with Gasteiger partial charge in [0.15, 0.2) is 5.65 Å². The maximum Gasteiger partial charge on any atom is 0.255 e. The Hall–Kier alpha value is -1.95. The summed E-state index contributed by atoms with van der Waals surface area (Å²) in [5, 5.41) is 8.64. The van der Waals surface area contributed by atoms with Crippen molar-refractivity contribution in [1.82, 2.24) is 25.0 Å². The van der Waals surface area contributed by atoms with E-state index in [9.17, 15) is 4.79 Å². The molecule has 3 fully saturated rings. The van der Waals surface area contributed by atoms with Crippen molar-refractivity contribution in [3.8, 4) is 0 Å². The second kappa shape index (κ2) is 4.29. The Kier molecular flexibility index (Phi) is 2.45. The predicted octanol–water partition coefficient (Wildman–Crippen LogP) is 1.03. The molecule has 5 rings (SSSR count). The molecule has 1 aliphatic heterocycles. The molecule has 0 aromatic carbocycles. The molecule has 1 N–H and O–H groups in total. The van der Waals surface area contributed by atoms with Crippen LogP contribution in [-0.2, 0) is 7.05 Å². The van der Waals surface area contributed by atoms with Gasteiger partial charge in [0.25, 0.3) is 5.91 Å². The number of fused-ring (bicyclic) bond motifs is 2. The summed E-state index contributed by atoms with van der Waals surface area (Å²) in [5.41, 5.74) is 2.67. The van der Waals surface area contributed by atoms with Gasteiger partial charge in [-0.1, -0.05) is 0 Å². The molecule has 1 amide bonds. The highest BCUT2D eigenvalue weighted by Gasteiger charge is 2.46. The minimum Gasteiger partial charge on any atom is -0.333 e. The zero-order chi connectivity index (χ0) is 14.8. The van der Waals surface area contributed by atoms with Crippen molar-refractivity contribution in [3.05, 3.63) is 23.5 Å². The largest absolute Gasteiger partial charge is 0.333 e. The molecule has 2 atom stereocenters. The van der Waals surface area contributed by atoms with Crippen LogP contribution in [0.2, 0.25) is 0 Å². The summed E-state index contributed by atoms with van der Waals surface area (Å²) in [6.07, 6.45) is 5.23. The minimum atomic E-state index is 0.149. The maximum atomic E-state index is 13.1. The molecule has 22 heavy (non-hydrogen) atoms. The molecule has 6 nitrogen and oxygen atoms in total. The zero-order valence-corrected chi connectivity index (χ0v) is 12.6. The molecule has 2 aromatic heterocycles. The minimum absolute atomic E-state index is 0.149. The average Bonchev–Trinajstić information content (AvgIpc) is 3.44. The zero-order valence-electron chi connectivity index (χ0n) is 12.6. The van der Waals surface area contributed by atoms with Gasteiger partial charge >= 0.3 is 0 Å². The number of nitrogens with one attached hydrogen (secondary N) is 1. The van der Waals surface area contributed by atoms with Crippen LogP contribution in [0.5, 0.6) is 0 Å². The normalized spacial score (nSPS) is 27.0. The van der Waals surface area contributed by atoms with Gasteiger partial charge in [0.05, 0.1) is 17.1 Å². The van der Waals surface area contributed by atoms with E-state index in [0.29, 0.717) is 18.0 Å². The Balaban J connectivity index is 1.61. The number of nitrogens with zero attached hydrogens (tertiary/aromatic N) is 4. The molecule has 114 valence electrons. The third-order valence-electron chi connectivity index (χ3n) is 5.13. The molecule has 0 radical (unpaired) electrons. The van der Waals surface area contributed by atoms with Gasteiger partial charge in [-0.25, -0.2) is 4.98 Å². The van der Waals surface area contributed by atoms with Crippen LogP contribution in [0.3, 0.4) is 0 Å². The molecule has 2 saturated carbocycles. The van der Waals surface area contributed by atoms with E-state index in [-0.39, 0.29) is 5.91 Å². The van der Waals surface area contributed by atoms with Crippen LogP contribution in [0.4, 0.5) is 0 Å². The molecule has 1 saturated heterocycles. The Morgan fingerprint density at radius 1 is 1.41 bits per heavy atom. The first-order valence-corrected chi connectivity index (χ1v) is 8.09. The highest BCUT2D eigenvalue weighted by molar-refractivity contribution is 6.05. The van der Waals surface area contributed by atoms with Gasteiger partial charge in [0.1, 0.15) is 0 Å². The monoisotopic (exact) mass is 297 g/mol. The lowest BCUT2D eigenvalue weighted by Crippen LogP contribution is -2.46. The third kappa shape index (κ3) is 1.80. The second-order valence-electron chi connectivity index (χ2n) is 6.74. The number of aromatic nitrogens is 3. The number of hydrogen-bond donors (Lipinski definition) is 1. The molecule has 0 bridgehead atoms. The first-order chi connectivity index (χ1) is 10.7. The van der Waals surface area contributed by atoms with E-state index in [0.717, 1.165) is 41.8 Å². The second-order valence-corrected chi connectivity index (χ2v) is 6.74. The fourth-order valence-corrected chi connectivity index (χ4v) is 3.59. The fraction of sp³-hybridized carbons (Fsp3) is 0.562. The number of amides is 1. The van der Waals surface area contributed by atoms with Crippen molar-refractivity contribution in [2.24, 2.45) is 7.05 Å². The summed E-state index contributed by atoms with van der Waals surface area (Å²) in [7, 11) is 1.89. The highest BCUT2D eigenvalue weighted by atomic mass is 16.2. The molecule has 2 aliphatic carbocycles. The number of carbonyl (C=O) groups is 1. The highest BCUT2D eigenvalue weighted by Crippen LogP contribution is 2.40. The molecular formula is C16H19N5O. The number of piperazine rings is 1. The first-order valence-electron chi connectivity index (χ1n) is 8.09. The van der Waals surface area contributed by atoms with Crippen molar-refractivity contribution in [3.63, 3.8) is 0 Å². The fourth-order valence-electron chi connectivity index (χ4n) is 3.59. The molecule has 2 unspecified atom stereocenters. The van der Waals surface area contributed by atoms with Crippen molar-refractivity contribution >= 4 is 16.9 Å². The van der Waals surface area contributed by atoms with E-state index in [1.54, 1.807) is 10.9 Å². The smallest absolute Gasteiger partial charge is 0.255 e. The quantitative estimate of drug-likeness (QED) is 0.899. The summed E-state index contributed by atoms with van der Waals surface area (Å²) in [4.78, 5) is 19.9. The number of pyridine rings is 1. The topological polar surface area (TPSA) is 63.1 Å². The van der Waals surface area contributed by atoms with Crippen LogP contribution in [0.15, 0.2) is 12.3 Å². The van der Waals surface area contributed by atoms with E-state index < -0.39 is 0 Å². The van der Waals surface area contributed by atoms with Crippen LogP contribution in [0.25, 0.3) is 11.0 Å². The van der Waals surface area contributed by atoms with Gasteiger partial charge in [-0.15, -0.1) is 0 Å². The van der Waals surface area contributed by atoms with Gasteiger partial charge in [-0.05, 0) is 25.3 Å².